The monoisotopic (exact) mass is 251 g/mol. The van der Waals surface area contributed by atoms with E-state index in [9.17, 15) is 19.8 Å². The van der Waals surface area contributed by atoms with Crippen molar-refractivity contribution in [1.82, 2.24) is 0 Å². The van der Waals surface area contributed by atoms with Crippen LogP contribution in [-0.2, 0) is 26.7 Å². The predicted molar refractivity (Wildman–Crippen MR) is 37.0 cm³/mol. The molecule has 8 heteroatoms. The number of hydrogen-bond donors (Lipinski definition) is 2. The molecule has 85 valence electrons. The molecule has 7 nitrogen and oxygen atoms in total. The number of carboxylic acid groups (broad SMARTS) is 2. The summed E-state index contributed by atoms with van der Waals surface area (Å²) in [5.74, 6) is -2.87. The number of carbonyl (C=O) groups is 2. The fourth-order valence-corrected chi connectivity index (χ4v) is 0. The molecule has 0 aromatic rings. The maximum absolute atomic E-state index is 9.34. The molecular formula is C6H12MnO7. The van der Waals surface area contributed by atoms with Gasteiger partial charge in [0, 0.05) is 0 Å². The van der Waals surface area contributed by atoms with Crippen molar-refractivity contribution in [3.8, 4) is 0 Å². The maximum atomic E-state index is 9.34. The molecule has 0 aliphatic rings. The van der Waals surface area contributed by atoms with Gasteiger partial charge >= 0.3 is 17.1 Å². The van der Waals surface area contributed by atoms with Crippen LogP contribution in [0.2, 0.25) is 0 Å². The van der Waals surface area contributed by atoms with Gasteiger partial charge in [-0.2, -0.15) is 0 Å². The predicted octanol–water partition coefficient (Wildman–Crippen LogP) is -4.59. The van der Waals surface area contributed by atoms with Crippen molar-refractivity contribution in [3.63, 3.8) is 0 Å². The summed E-state index contributed by atoms with van der Waals surface area (Å²) < 4.78 is 0. The number of carbonyl (C=O) groups excluding carboxylic acids is 2. The Kier molecular flexibility index (Phi) is 20.5. The molecule has 0 spiro atoms. The smallest absolute Gasteiger partial charge is 0.547 e. The summed E-state index contributed by atoms with van der Waals surface area (Å²) in [7, 11) is 0. The van der Waals surface area contributed by atoms with Gasteiger partial charge in [0.15, 0.2) is 0 Å². The molecule has 0 aromatic carbocycles. The summed E-state index contributed by atoms with van der Waals surface area (Å²) >= 11 is 0. The SMILES string of the molecule is CC(O)C(=O)[O-].CC(O)C(=O)[O-].O.[Mn+2]. The van der Waals surface area contributed by atoms with E-state index in [0.29, 0.717) is 0 Å². The van der Waals surface area contributed by atoms with Crippen LogP contribution in [-0.4, -0.2) is 39.8 Å². The van der Waals surface area contributed by atoms with Crippen molar-refractivity contribution >= 4 is 11.9 Å². The molecule has 0 bridgehead atoms. The summed E-state index contributed by atoms with van der Waals surface area (Å²) in [5, 5.41) is 34.6. The van der Waals surface area contributed by atoms with E-state index >= 15 is 0 Å². The fraction of sp³-hybridized carbons (Fsp3) is 0.667. The van der Waals surface area contributed by atoms with Gasteiger partial charge in [-0.25, -0.2) is 0 Å². The number of aliphatic hydroxyl groups excluding tert-OH is 2. The molecule has 2 unspecified atom stereocenters. The van der Waals surface area contributed by atoms with E-state index in [1.807, 2.05) is 0 Å². The van der Waals surface area contributed by atoms with E-state index in [1.165, 1.54) is 0 Å². The number of aliphatic hydroxyl groups is 2. The zero-order valence-electron chi connectivity index (χ0n) is 7.56. The van der Waals surface area contributed by atoms with Crippen LogP contribution >= 0.6 is 0 Å². The first-order valence-corrected chi connectivity index (χ1v) is 3.06. The Morgan fingerprint density at radius 2 is 1.07 bits per heavy atom. The molecule has 0 aromatic heterocycles. The normalized spacial score (nSPS) is 11.7. The second-order valence-corrected chi connectivity index (χ2v) is 1.99. The molecular weight excluding hydrogens is 239 g/mol. The molecule has 4 N–H and O–H groups in total. The van der Waals surface area contributed by atoms with E-state index in [-0.39, 0.29) is 22.5 Å². The Bertz CT molecular complexity index is 138. The van der Waals surface area contributed by atoms with Crippen LogP contribution in [0.1, 0.15) is 13.8 Å². The van der Waals surface area contributed by atoms with Crippen LogP contribution < -0.4 is 10.2 Å². The first-order chi connectivity index (χ1) is 5.29. The number of hydrogen-bond acceptors (Lipinski definition) is 6. The van der Waals surface area contributed by atoms with Gasteiger partial charge < -0.3 is 35.5 Å². The Morgan fingerprint density at radius 3 is 1.07 bits per heavy atom. The van der Waals surface area contributed by atoms with Crippen LogP contribution in [0.25, 0.3) is 0 Å². The molecule has 2 atom stereocenters. The summed E-state index contributed by atoms with van der Waals surface area (Å²) in [5.41, 5.74) is 0. The Morgan fingerprint density at radius 1 is 1.00 bits per heavy atom. The van der Waals surface area contributed by atoms with Crippen molar-refractivity contribution in [1.29, 1.82) is 0 Å². The van der Waals surface area contributed by atoms with Crippen molar-refractivity contribution < 1.29 is 52.6 Å². The molecule has 0 aliphatic carbocycles. The van der Waals surface area contributed by atoms with Crippen LogP contribution in [0, 0.1) is 0 Å². The van der Waals surface area contributed by atoms with Crippen molar-refractivity contribution in [2.45, 2.75) is 26.1 Å². The standard InChI is InChI=1S/2C3H6O3.Mn.H2O/c2*1-2(4)3(5)6;;/h2*2,4H,1H3,(H,5,6);;1H2/q;;+2;/p-2. The minimum atomic E-state index is -1.44. The third kappa shape index (κ3) is 22.5. The molecule has 0 amide bonds. The molecule has 0 aliphatic heterocycles. The molecule has 0 saturated carbocycles. The zero-order valence-corrected chi connectivity index (χ0v) is 8.74. The van der Waals surface area contributed by atoms with Gasteiger partial charge in [-0.05, 0) is 13.8 Å². The number of carboxylic acids is 2. The van der Waals surface area contributed by atoms with Gasteiger partial charge in [0.1, 0.15) is 0 Å². The second-order valence-electron chi connectivity index (χ2n) is 1.99. The van der Waals surface area contributed by atoms with Crippen molar-refractivity contribution in [3.05, 3.63) is 0 Å². The molecule has 0 saturated heterocycles. The van der Waals surface area contributed by atoms with Gasteiger partial charge in [-0.15, -0.1) is 0 Å². The topological polar surface area (TPSA) is 152 Å². The van der Waals surface area contributed by atoms with E-state index in [1.54, 1.807) is 0 Å². The third-order valence-electron chi connectivity index (χ3n) is 0.682. The summed E-state index contributed by atoms with van der Waals surface area (Å²) in [6, 6.07) is 0. The summed E-state index contributed by atoms with van der Waals surface area (Å²) in [6.07, 6.45) is -2.69. The van der Waals surface area contributed by atoms with Crippen molar-refractivity contribution in [2.24, 2.45) is 0 Å². The quantitative estimate of drug-likeness (QED) is 0.471. The van der Waals surface area contributed by atoms with E-state index in [4.69, 9.17) is 10.2 Å². The van der Waals surface area contributed by atoms with Gasteiger partial charge in [0.25, 0.3) is 0 Å². The summed E-state index contributed by atoms with van der Waals surface area (Å²) in [6.45, 7) is 2.27. The number of rotatable bonds is 2. The minimum absolute atomic E-state index is 0. The average Bonchev–Trinajstić information content (AvgIpc) is 1.88. The molecule has 1 radical (unpaired) electrons. The molecule has 0 heterocycles. The summed E-state index contributed by atoms with van der Waals surface area (Å²) in [4.78, 5) is 18.7. The molecule has 0 fully saturated rings. The van der Waals surface area contributed by atoms with E-state index < -0.39 is 24.1 Å². The first kappa shape index (κ1) is 23.3. The van der Waals surface area contributed by atoms with Gasteiger partial charge in [-0.3, -0.25) is 0 Å². The number of aliphatic carboxylic acids is 2. The van der Waals surface area contributed by atoms with Crippen LogP contribution in [0.15, 0.2) is 0 Å². The van der Waals surface area contributed by atoms with Gasteiger partial charge in [0.05, 0.1) is 24.1 Å². The Labute approximate surface area is 91.1 Å². The van der Waals surface area contributed by atoms with Crippen molar-refractivity contribution in [2.75, 3.05) is 0 Å². The third-order valence-corrected chi connectivity index (χ3v) is 0.682. The van der Waals surface area contributed by atoms with Crippen LogP contribution in [0.4, 0.5) is 0 Å². The first-order valence-electron chi connectivity index (χ1n) is 3.06. The van der Waals surface area contributed by atoms with Gasteiger partial charge in [0.2, 0.25) is 0 Å². The molecule has 14 heavy (non-hydrogen) atoms. The van der Waals surface area contributed by atoms with Crippen LogP contribution in [0.3, 0.4) is 0 Å². The minimum Gasteiger partial charge on any atom is -0.547 e. The van der Waals surface area contributed by atoms with E-state index in [0.717, 1.165) is 13.8 Å². The Balaban J connectivity index is -0.0000000625. The maximum Gasteiger partial charge on any atom is 2.00 e. The average molecular weight is 251 g/mol. The Hall–Kier alpha value is -0.661. The van der Waals surface area contributed by atoms with Gasteiger partial charge in [-0.1, -0.05) is 0 Å². The second kappa shape index (κ2) is 12.3. The fourth-order valence-electron chi connectivity index (χ4n) is 0. The largest absolute Gasteiger partial charge is 2.00 e. The molecule has 0 rings (SSSR count). The van der Waals surface area contributed by atoms with Crippen LogP contribution in [0.5, 0.6) is 0 Å². The zero-order chi connectivity index (χ0) is 10.3. The van der Waals surface area contributed by atoms with E-state index in [2.05, 4.69) is 0 Å².